The molecule has 0 aliphatic heterocycles. The van der Waals surface area contributed by atoms with Crippen LogP contribution in [0.4, 0.5) is 0 Å². The quantitative estimate of drug-likeness (QED) is 0.201. The van der Waals surface area contributed by atoms with E-state index in [0.717, 1.165) is 0 Å². The fraction of sp³-hybridized carbons (Fsp3) is 0.143. The molecular weight excluding hydrogens is 518 g/mol. The fourth-order valence-corrected chi connectivity index (χ4v) is 8.47. The first-order chi connectivity index (χ1) is 20.9. The molecule has 2 aliphatic rings. The molecule has 0 saturated heterocycles. The van der Waals surface area contributed by atoms with Crippen molar-refractivity contribution in [3.63, 3.8) is 0 Å². The number of aromatic nitrogens is 1. The van der Waals surface area contributed by atoms with Crippen LogP contribution in [0.1, 0.15) is 49.9 Å². The Hall–Kier alpha value is -4.88. The summed E-state index contributed by atoms with van der Waals surface area (Å²) in [4.78, 5) is 0. The van der Waals surface area contributed by atoms with Gasteiger partial charge < -0.3 is 4.57 Å². The topological polar surface area (TPSA) is 4.93 Å². The van der Waals surface area contributed by atoms with Crippen molar-refractivity contribution in [1.29, 1.82) is 0 Å². The van der Waals surface area contributed by atoms with E-state index >= 15 is 0 Å². The summed E-state index contributed by atoms with van der Waals surface area (Å²) in [5, 5.41) is 2.69. The molecule has 0 atom stereocenters. The minimum Gasteiger partial charge on any atom is -0.309 e. The SMILES string of the molecule is CC1(C)c2ccccc2-c2c1c1c(c3c2c2ccccc2n3-c2ccc(-c3ccccc3)cc2)-c2ccccc2C1(C)C. The van der Waals surface area contributed by atoms with E-state index in [-0.39, 0.29) is 10.8 Å². The number of benzene rings is 6. The number of para-hydroxylation sites is 1. The zero-order valence-corrected chi connectivity index (χ0v) is 25.1. The normalized spacial score (nSPS) is 15.3. The van der Waals surface area contributed by atoms with E-state index < -0.39 is 0 Å². The maximum atomic E-state index is 2.55. The minimum absolute atomic E-state index is 0.107. The van der Waals surface area contributed by atoms with Crippen LogP contribution in [-0.4, -0.2) is 4.57 Å². The lowest BCUT2D eigenvalue weighted by molar-refractivity contribution is 0.602. The van der Waals surface area contributed by atoms with Gasteiger partial charge in [-0.2, -0.15) is 0 Å². The molecule has 0 amide bonds. The average Bonchev–Trinajstić information content (AvgIpc) is 3.59. The molecule has 1 nitrogen and oxygen atoms in total. The maximum Gasteiger partial charge on any atom is 0.0629 e. The van der Waals surface area contributed by atoms with Crippen LogP contribution in [0.5, 0.6) is 0 Å². The van der Waals surface area contributed by atoms with Crippen LogP contribution in [0.15, 0.2) is 127 Å². The third-order valence-corrected chi connectivity index (χ3v) is 10.3. The Morgan fingerprint density at radius 3 is 1.65 bits per heavy atom. The van der Waals surface area contributed by atoms with Crippen molar-refractivity contribution in [2.45, 2.75) is 38.5 Å². The Balaban J connectivity index is 1.49. The van der Waals surface area contributed by atoms with Crippen LogP contribution in [-0.2, 0) is 10.8 Å². The van der Waals surface area contributed by atoms with E-state index in [4.69, 9.17) is 0 Å². The molecule has 0 bridgehead atoms. The Morgan fingerprint density at radius 1 is 0.465 bits per heavy atom. The van der Waals surface area contributed by atoms with Gasteiger partial charge in [0.1, 0.15) is 0 Å². The third-order valence-electron chi connectivity index (χ3n) is 10.3. The van der Waals surface area contributed by atoms with Gasteiger partial charge in [-0.1, -0.05) is 137 Å². The van der Waals surface area contributed by atoms with Crippen molar-refractivity contribution in [2.75, 3.05) is 0 Å². The van der Waals surface area contributed by atoms with E-state index in [0.29, 0.717) is 0 Å². The van der Waals surface area contributed by atoms with Crippen molar-refractivity contribution in [3.8, 4) is 39.1 Å². The van der Waals surface area contributed by atoms with Gasteiger partial charge in [0.15, 0.2) is 0 Å². The summed E-state index contributed by atoms with van der Waals surface area (Å²) in [5.74, 6) is 0. The average molecular weight is 552 g/mol. The van der Waals surface area contributed by atoms with E-state index in [2.05, 4.69) is 160 Å². The summed E-state index contributed by atoms with van der Waals surface area (Å²) >= 11 is 0. The summed E-state index contributed by atoms with van der Waals surface area (Å²) in [6.45, 7) is 9.74. The molecule has 43 heavy (non-hydrogen) atoms. The van der Waals surface area contributed by atoms with Gasteiger partial charge >= 0.3 is 0 Å². The zero-order valence-electron chi connectivity index (χ0n) is 25.1. The van der Waals surface area contributed by atoms with Crippen molar-refractivity contribution in [2.24, 2.45) is 0 Å². The number of fused-ring (bicyclic) bond motifs is 12. The number of hydrogen-bond donors (Lipinski definition) is 0. The first-order valence-electron chi connectivity index (χ1n) is 15.4. The van der Waals surface area contributed by atoms with Gasteiger partial charge in [0.05, 0.1) is 11.0 Å². The second kappa shape index (κ2) is 8.36. The Kier molecular flexibility index (Phi) is 4.80. The van der Waals surface area contributed by atoms with Crippen LogP contribution < -0.4 is 0 Å². The highest BCUT2D eigenvalue weighted by atomic mass is 15.0. The number of hydrogen-bond acceptors (Lipinski definition) is 0. The molecule has 0 fully saturated rings. The monoisotopic (exact) mass is 551 g/mol. The highest BCUT2D eigenvalue weighted by Gasteiger charge is 2.48. The summed E-state index contributed by atoms with van der Waals surface area (Å²) in [6, 6.07) is 47.1. The largest absolute Gasteiger partial charge is 0.309 e. The second-order valence-electron chi connectivity index (χ2n) is 13.3. The summed E-state index contributed by atoms with van der Waals surface area (Å²) < 4.78 is 2.55. The van der Waals surface area contributed by atoms with Gasteiger partial charge in [0, 0.05) is 32.9 Å². The van der Waals surface area contributed by atoms with Gasteiger partial charge in [-0.15, -0.1) is 0 Å². The molecule has 6 aromatic carbocycles. The number of rotatable bonds is 2. The van der Waals surface area contributed by atoms with Crippen molar-refractivity contribution >= 4 is 21.8 Å². The van der Waals surface area contributed by atoms with E-state index in [1.54, 1.807) is 0 Å². The molecule has 0 N–H and O–H groups in total. The van der Waals surface area contributed by atoms with Gasteiger partial charge in [-0.25, -0.2) is 0 Å². The molecule has 0 unspecified atom stereocenters. The highest BCUT2D eigenvalue weighted by Crippen LogP contribution is 2.63. The lowest BCUT2D eigenvalue weighted by Crippen LogP contribution is -2.24. The molecule has 1 aromatic heterocycles. The lowest BCUT2D eigenvalue weighted by atomic mass is 9.72. The summed E-state index contributed by atoms with van der Waals surface area (Å²) in [5.41, 5.74) is 17.4. The lowest BCUT2D eigenvalue weighted by Gasteiger charge is -2.31. The molecule has 0 radical (unpaired) electrons. The molecular formula is C42H33N. The number of nitrogens with zero attached hydrogens (tertiary/aromatic N) is 1. The Morgan fingerprint density at radius 2 is 0.977 bits per heavy atom. The summed E-state index contributed by atoms with van der Waals surface area (Å²) in [7, 11) is 0. The fourth-order valence-electron chi connectivity index (χ4n) is 8.47. The van der Waals surface area contributed by atoms with Crippen molar-refractivity contribution in [3.05, 3.63) is 150 Å². The van der Waals surface area contributed by atoms with Crippen LogP contribution in [0.3, 0.4) is 0 Å². The molecule has 206 valence electrons. The smallest absolute Gasteiger partial charge is 0.0629 e. The van der Waals surface area contributed by atoms with Crippen molar-refractivity contribution in [1.82, 2.24) is 4.57 Å². The van der Waals surface area contributed by atoms with Crippen molar-refractivity contribution < 1.29 is 0 Å². The first-order valence-corrected chi connectivity index (χ1v) is 15.4. The van der Waals surface area contributed by atoms with Gasteiger partial charge in [0.2, 0.25) is 0 Å². The standard InChI is InChI=1S/C42H33N/c1-41(2)32-19-11-8-16-29(32)35-36-31-18-10-13-21-34(31)43(28-24-22-27(23-25-28)26-14-6-5-7-15-26)40(36)37-30-17-9-12-20-33(30)42(3,4)39(37)38(35)41/h5-25H,1-4H3. The maximum absolute atomic E-state index is 2.55. The minimum atomic E-state index is -0.123. The predicted molar refractivity (Wildman–Crippen MR) is 181 cm³/mol. The first kappa shape index (κ1) is 24.7. The summed E-state index contributed by atoms with van der Waals surface area (Å²) in [6.07, 6.45) is 0. The van der Waals surface area contributed by atoms with Gasteiger partial charge in [0.25, 0.3) is 0 Å². The van der Waals surface area contributed by atoms with Crippen LogP contribution >= 0.6 is 0 Å². The Labute approximate surface area is 253 Å². The van der Waals surface area contributed by atoms with E-state index in [9.17, 15) is 0 Å². The molecule has 0 saturated carbocycles. The molecule has 1 heteroatoms. The van der Waals surface area contributed by atoms with Gasteiger partial charge in [-0.05, 0) is 68.3 Å². The van der Waals surface area contributed by atoms with Crippen LogP contribution in [0, 0.1) is 0 Å². The van der Waals surface area contributed by atoms with E-state index in [1.165, 1.54) is 83.1 Å². The molecule has 1 heterocycles. The van der Waals surface area contributed by atoms with Gasteiger partial charge in [-0.3, -0.25) is 0 Å². The Bertz CT molecular complexity index is 2260. The highest BCUT2D eigenvalue weighted by molar-refractivity contribution is 6.23. The molecule has 2 aliphatic carbocycles. The van der Waals surface area contributed by atoms with E-state index in [1.807, 2.05) is 0 Å². The second-order valence-corrected chi connectivity index (χ2v) is 13.3. The third kappa shape index (κ3) is 3.07. The molecule has 7 aromatic rings. The zero-order chi connectivity index (χ0) is 29.1. The molecule has 9 rings (SSSR count). The predicted octanol–water partition coefficient (Wildman–Crippen LogP) is 11.1. The molecule has 0 spiro atoms. The van der Waals surface area contributed by atoms with Crippen LogP contribution in [0.2, 0.25) is 0 Å². The van der Waals surface area contributed by atoms with Crippen LogP contribution in [0.25, 0.3) is 60.9 Å².